The number of aryl methyl sites for hydroxylation is 2. The van der Waals surface area contributed by atoms with Crippen LogP contribution in [0.15, 0.2) is 6.33 Å². The van der Waals surface area contributed by atoms with Gasteiger partial charge >= 0.3 is 0 Å². The number of nitrogens with one attached hydrogen (secondary N) is 2. The third-order valence-corrected chi connectivity index (χ3v) is 3.93. The van der Waals surface area contributed by atoms with E-state index in [-0.39, 0.29) is 6.04 Å². The van der Waals surface area contributed by atoms with Crippen LogP contribution in [-0.4, -0.2) is 31.5 Å². The lowest BCUT2D eigenvalue weighted by Gasteiger charge is -2.16. The molecule has 2 heterocycles. The van der Waals surface area contributed by atoms with Gasteiger partial charge in [-0.1, -0.05) is 25.4 Å². The van der Waals surface area contributed by atoms with Crippen molar-refractivity contribution < 1.29 is 0 Å². The lowest BCUT2D eigenvalue weighted by Crippen LogP contribution is -2.26. The molecule has 2 rings (SSSR count). The number of hydrogen-bond donors (Lipinski definition) is 2. The summed E-state index contributed by atoms with van der Waals surface area (Å²) in [5.74, 6) is 0.835. The molecule has 0 saturated heterocycles. The average Bonchev–Trinajstić information content (AvgIpc) is 3.12. The van der Waals surface area contributed by atoms with E-state index < -0.39 is 0 Å². The van der Waals surface area contributed by atoms with Crippen molar-refractivity contribution in [2.45, 2.75) is 52.6 Å². The van der Waals surface area contributed by atoms with Crippen LogP contribution in [0.3, 0.4) is 0 Å². The molecule has 0 fully saturated rings. The standard InChI is InChI=1S/C14H23ClN6/c1-4-7-16-11(14-17-9-18-19-14)8-12-13(15)10(5-2)20-21(12)6-3/h9,11,16H,4-8H2,1-3H3,(H,17,18,19). The first-order valence-electron chi connectivity index (χ1n) is 7.53. The molecule has 0 amide bonds. The van der Waals surface area contributed by atoms with Gasteiger partial charge in [0.25, 0.3) is 0 Å². The van der Waals surface area contributed by atoms with Crippen LogP contribution < -0.4 is 5.32 Å². The summed E-state index contributed by atoms with van der Waals surface area (Å²) in [4.78, 5) is 4.28. The molecule has 1 unspecified atom stereocenters. The van der Waals surface area contributed by atoms with E-state index in [1.165, 1.54) is 6.33 Å². The number of nitrogens with zero attached hydrogens (tertiary/aromatic N) is 4. The van der Waals surface area contributed by atoms with Crippen LogP contribution in [0, 0.1) is 0 Å². The molecule has 0 saturated carbocycles. The van der Waals surface area contributed by atoms with Crippen molar-refractivity contribution in [2.24, 2.45) is 0 Å². The topological polar surface area (TPSA) is 71.4 Å². The fraction of sp³-hybridized carbons (Fsp3) is 0.643. The highest BCUT2D eigenvalue weighted by Gasteiger charge is 2.21. The Morgan fingerprint density at radius 2 is 2.19 bits per heavy atom. The minimum atomic E-state index is 0.0663. The lowest BCUT2D eigenvalue weighted by molar-refractivity contribution is 0.484. The molecule has 2 aromatic heterocycles. The Balaban J connectivity index is 2.25. The predicted molar refractivity (Wildman–Crippen MR) is 83.4 cm³/mol. The highest BCUT2D eigenvalue weighted by molar-refractivity contribution is 6.31. The van der Waals surface area contributed by atoms with Gasteiger partial charge < -0.3 is 5.32 Å². The first kappa shape index (κ1) is 16.0. The summed E-state index contributed by atoms with van der Waals surface area (Å²) in [5.41, 5.74) is 2.02. The van der Waals surface area contributed by atoms with E-state index in [9.17, 15) is 0 Å². The molecular formula is C14H23ClN6. The Kier molecular flexibility index (Phi) is 5.76. The Morgan fingerprint density at radius 1 is 1.38 bits per heavy atom. The van der Waals surface area contributed by atoms with Crippen LogP contribution in [0.1, 0.15) is 50.4 Å². The summed E-state index contributed by atoms with van der Waals surface area (Å²) in [6.45, 7) is 8.02. The van der Waals surface area contributed by atoms with Crippen LogP contribution in [-0.2, 0) is 19.4 Å². The molecule has 0 aliphatic carbocycles. The average molecular weight is 311 g/mol. The second kappa shape index (κ2) is 7.56. The largest absolute Gasteiger partial charge is 0.307 e. The van der Waals surface area contributed by atoms with Gasteiger partial charge in [0.05, 0.1) is 22.5 Å². The third kappa shape index (κ3) is 3.63. The summed E-state index contributed by atoms with van der Waals surface area (Å²) in [6.07, 6.45) is 4.18. The second-order valence-electron chi connectivity index (χ2n) is 4.96. The summed E-state index contributed by atoms with van der Waals surface area (Å²) >= 11 is 6.49. The highest BCUT2D eigenvalue weighted by atomic mass is 35.5. The molecule has 0 aromatic carbocycles. The normalized spacial score (nSPS) is 12.8. The Morgan fingerprint density at radius 3 is 2.76 bits per heavy atom. The number of halogens is 1. The van der Waals surface area contributed by atoms with Crippen molar-refractivity contribution in [1.29, 1.82) is 0 Å². The summed E-state index contributed by atoms with van der Waals surface area (Å²) in [5, 5.41) is 15.7. The predicted octanol–water partition coefficient (Wildman–Crippen LogP) is 2.52. The maximum atomic E-state index is 6.49. The lowest BCUT2D eigenvalue weighted by atomic mass is 10.1. The van der Waals surface area contributed by atoms with Gasteiger partial charge in [-0.2, -0.15) is 10.2 Å². The van der Waals surface area contributed by atoms with E-state index in [1.807, 2.05) is 4.68 Å². The number of H-pyrrole nitrogens is 1. The zero-order valence-electron chi connectivity index (χ0n) is 12.9. The van der Waals surface area contributed by atoms with Crippen molar-refractivity contribution in [3.8, 4) is 0 Å². The van der Waals surface area contributed by atoms with Crippen molar-refractivity contribution in [3.05, 3.63) is 28.6 Å². The Bertz CT molecular complexity index is 548. The highest BCUT2D eigenvalue weighted by Crippen LogP contribution is 2.26. The number of hydrogen-bond acceptors (Lipinski definition) is 4. The quantitative estimate of drug-likeness (QED) is 0.786. The summed E-state index contributed by atoms with van der Waals surface area (Å²) in [7, 11) is 0. The first-order valence-corrected chi connectivity index (χ1v) is 7.91. The van der Waals surface area contributed by atoms with Gasteiger partial charge in [-0.05, 0) is 26.3 Å². The minimum Gasteiger partial charge on any atom is -0.307 e. The SMILES string of the molecule is CCCNC(Cc1c(Cl)c(CC)nn1CC)c1ncn[nH]1. The van der Waals surface area contributed by atoms with E-state index in [0.717, 1.165) is 54.6 Å². The summed E-state index contributed by atoms with van der Waals surface area (Å²) in [6, 6.07) is 0.0663. The molecule has 7 heteroatoms. The van der Waals surface area contributed by atoms with Crippen LogP contribution in [0.5, 0.6) is 0 Å². The van der Waals surface area contributed by atoms with Gasteiger partial charge in [0.15, 0.2) is 0 Å². The fourth-order valence-electron chi connectivity index (χ4n) is 2.37. The Labute approximate surface area is 130 Å². The molecule has 0 radical (unpaired) electrons. The van der Waals surface area contributed by atoms with Crippen LogP contribution >= 0.6 is 11.6 Å². The van der Waals surface area contributed by atoms with Gasteiger partial charge in [-0.15, -0.1) is 0 Å². The fourth-order valence-corrected chi connectivity index (χ4v) is 2.72. The van der Waals surface area contributed by atoms with Crippen LogP contribution in [0.25, 0.3) is 0 Å². The minimum absolute atomic E-state index is 0.0663. The molecule has 2 aromatic rings. The van der Waals surface area contributed by atoms with Crippen LogP contribution in [0.4, 0.5) is 0 Å². The molecule has 0 aliphatic heterocycles. The zero-order valence-corrected chi connectivity index (χ0v) is 13.6. The molecule has 0 aliphatic rings. The van der Waals surface area contributed by atoms with Gasteiger partial charge in [0.1, 0.15) is 12.2 Å². The maximum absolute atomic E-state index is 6.49. The zero-order chi connectivity index (χ0) is 15.2. The van der Waals surface area contributed by atoms with Gasteiger partial charge in [-0.25, -0.2) is 4.98 Å². The molecule has 116 valence electrons. The molecule has 1 atom stereocenters. The van der Waals surface area contributed by atoms with Crippen molar-refractivity contribution in [3.63, 3.8) is 0 Å². The van der Waals surface area contributed by atoms with E-state index in [0.29, 0.717) is 0 Å². The number of rotatable bonds is 8. The number of aromatic nitrogens is 5. The van der Waals surface area contributed by atoms with Gasteiger partial charge in [0.2, 0.25) is 0 Å². The van der Waals surface area contributed by atoms with E-state index in [2.05, 4.69) is 46.4 Å². The van der Waals surface area contributed by atoms with Crippen molar-refractivity contribution >= 4 is 11.6 Å². The van der Waals surface area contributed by atoms with E-state index >= 15 is 0 Å². The van der Waals surface area contributed by atoms with E-state index in [4.69, 9.17) is 11.6 Å². The van der Waals surface area contributed by atoms with E-state index in [1.54, 1.807) is 0 Å². The molecule has 21 heavy (non-hydrogen) atoms. The van der Waals surface area contributed by atoms with Crippen LogP contribution in [0.2, 0.25) is 5.02 Å². The van der Waals surface area contributed by atoms with Gasteiger partial charge in [0, 0.05) is 13.0 Å². The molecule has 2 N–H and O–H groups in total. The number of aromatic amines is 1. The van der Waals surface area contributed by atoms with Crippen molar-refractivity contribution in [1.82, 2.24) is 30.3 Å². The summed E-state index contributed by atoms with van der Waals surface area (Å²) < 4.78 is 1.98. The molecular weight excluding hydrogens is 288 g/mol. The first-order chi connectivity index (χ1) is 10.2. The molecule has 0 spiro atoms. The smallest absolute Gasteiger partial charge is 0.141 e. The molecule has 0 bridgehead atoms. The Hall–Kier alpha value is -1.40. The maximum Gasteiger partial charge on any atom is 0.141 e. The third-order valence-electron chi connectivity index (χ3n) is 3.50. The van der Waals surface area contributed by atoms with Gasteiger partial charge in [-0.3, -0.25) is 9.78 Å². The monoisotopic (exact) mass is 310 g/mol. The second-order valence-corrected chi connectivity index (χ2v) is 5.34. The molecule has 6 nitrogen and oxygen atoms in total. The van der Waals surface area contributed by atoms with Crippen molar-refractivity contribution in [2.75, 3.05) is 6.54 Å².